The molecule has 5 rings (SSSR count). The topological polar surface area (TPSA) is 122 Å². The zero-order valence-electron chi connectivity index (χ0n) is 23.6. The first kappa shape index (κ1) is 28.7. The van der Waals surface area contributed by atoms with E-state index in [2.05, 4.69) is 31.0 Å². The number of aryl methyl sites for hydroxylation is 2. The van der Waals surface area contributed by atoms with Crippen molar-refractivity contribution in [1.29, 1.82) is 0 Å². The summed E-state index contributed by atoms with van der Waals surface area (Å²) < 4.78 is 15.6. The molecule has 12 heteroatoms. The first-order valence-corrected chi connectivity index (χ1v) is 15.2. The van der Waals surface area contributed by atoms with E-state index in [-0.39, 0.29) is 22.4 Å². The van der Waals surface area contributed by atoms with Gasteiger partial charge in [0.1, 0.15) is 16.1 Å². The maximum absolute atomic E-state index is 13.6. The van der Waals surface area contributed by atoms with Crippen molar-refractivity contribution in [2.45, 2.75) is 39.2 Å². The highest BCUT2D eigenvalue weighted by atomic mass is 35.5. The molecule has 0 saturated carbocycles. The predicted octanol–water partition coefficient (Wildman–Crippen LogP) is 4.18. The van der Waals surface area contributed by atoms with E-state index in [4.69, 9.17) is 16.6 Å². The number of fused-ring (bicyclic) bond motifs is 1. The van der Waals surface area contributed by atoms with Gasteiger partial charge in [0.25, 0.3) is 11.5 Å². The molecule has 2 unspecified atom stereocenters. The Labute approximate surface area is 245 Å². The van der Waals surface area contributed by atoms with Gasteiger partial charge in [-0.05, 0) is 62.6 Å². The number of anilines is 2. The Morgan fingerprint density at radius 2 is 1.95 bits per heavy atom. The second-order valence-electron chi connectivity index (χ2n) is 10.5. The van der Waals surface area contributed by atoms with Crippen molar-refractivity contribution in [1.82, 2.24) is 24.2 Å². The highest BCUT2D eigenvalue weighted by molar-refractivity contribution is 7.82. The smallest absolute Gasteiger partial charge is 0.283 e. The molecule has 10 nitrogen and oxygen atoms in total. The van der Waals surface area contributed by atoms with Gasteiger partial charge in [-0.25, -0.2) is 14.2 Å². The number of carbonyl (C=O) groups excluding carboxylic acids is 1. The van der Waals surface area contributed by atoms with Crippen LogP contribution in [0.3, 0.4) is 0 Å². The first-order valence-electron chi connectivity index (χ1n) is 13.3. The van der Waals surface area contributed by atoms with Gasteiger partial charge in [0.2, 0.25) is 5.95 Å². The summed E-state index contributed by atoms with van der Waals surface area (Å²) in [4.78, 5) is 42.1. The van der Waals surface area contributed by atoms with Crippen LogP contribution in [0, 0.1) is 13.8 Å². The number of benzene rings is 1. The standard InChI is InChI=1S/C29H32ClN7O3S/c1-16-12-21(18(3)32-23-8-9-24(30)33-26(23)27(38)35-41(5)40)25-22(13-16)28(39)36(4)29(34-25)37-11-10-20(15-37)19-7-6-17(2)31-14-19/h6-9,12-14,18,20,32H,10-11,15H2,1-5H3,(H,35,38)/t18?,20-,41?/m1/s1. The molecule has 1 aliphatic rings. The number of carbonyl (C=O) groups is 1. The van der Waals surface area contributed by atoms with Crippen LogP contribution in [0.1, 0.15) is 58.2 Å². The molecule has 1 saturated heterocycles. The molecule has 1 amide bonds. The summed E-state index contributed by atoms with van der Waals surface area (Å²) in [6.45, 7) is 7.34. The number of aromatic nitrogens is 4. The van der Waals surface area contributed by atoms with Gasteiger partial charge < -0.3 is 10.2 Å². The number of nitrogens with zero attached hydrogens (tertiary/aromatic N) is 5. The number of hydrogen-bond donors (Lipinski definition) is 2. The van der Waals surface area contributed by atoms with E-state index in [1.54, 1.807) is 23.7 Å². The van der Waals surface area contributed by atoms with Crippen LogP contribution < -0.4 is 20.5 Å². The third-order valence-electron chi connectivity index (χ3n) is 7.36. The van der Waals surface area contributed by atoms with Gasteiger partial charge >= 0.3 is 0 Å². The lowest BCUT2D eigenvalue weighted by Crippen LogP contribution is -2.30. The summed E-state index contributed by atoms with van der Waals surface area (Å²) in [5.41, 5.74) is 4.79. The summed E-state index contributed by atoms with van der Waals surface area (Å²) in [6.07, 6.45) is 4.23. The molecule has 2 N–H and O–H groups in total. The van der Waals surface area contributed by atoms with Gasteiger partial charge in [-0.3, -0.25) is 23.9 Å². The average Bonchev–Trinajstić information content (AvgIpc) is 3.41. The minimum Gasteiger partial charge on any atom is -0.377 e. The second-order valence-corrected chi connectivity index (χ2v) is 12.0. The first-order chi connectivity index (χ1) is 19.5. The van der Waals surface area contributed by atoms with Crippen molar-refractivity contribution in [3.05, 3.63) is 86.2 Å². The van der Waals surface area contributed by atoms with E-state index in [0.717, 1.165) is 36.3 Å². The lowest BCUT2D eigenvalue weighted by Gasteiger charge is -2.23. The number of hydrogen-bond acceptors (Lipinski definition) is 8. The molecule has 0 radical (unpaired) electrons. The van der Waals surface area contributed by atoms with Crippen molar-refractivity contribution in [3.63, 3.8) is 0 Å². The molecule has 4 heterocycles. The Kier molecular flexibility index (Phi) is 8.10. The zero-order chi connectivity index (χ0) is 29.4. The van der Waals surface area contributed by atoms with E-state index in [1.165, 1.54) is 11.8 Å². The maximum Gasteiger partial charge on any atom is 0.283 e. The van der Waals surface area contributed by atoms with Crippen LogP contribution in [0.15, 0.2) is 47.4 Å². The molecule has 3 atom stereocenters. The third-order valence-corrected chi connectivity index (χ3v) is 8.04. The quantitative estimate of drug-likeness (QED) is 0.306. The summed E-state index contributed by atoms with van der Waals surface area (Å²) in [5.74, 6) is 0.299. The second kappa shape index (κ2) is 11.6. The molecule has 0 spiro atoms. The fourth-order valence-electron chi connectivity index (χ4n) is 5.30. The largest absolute Gasteiger partial charge is 0.377 e. The molecule has 214 valence electrons. The molecule has 1 aromatic carbocycles. The lowest BCUT2D eigenvalue weighted by molar-refractivity contribution is 0.0979. The van der Waals surface area contributed by atoms with Crippen LogP contribution in [0.5, 0.6) is 0 Å². The van der Waals surface area contributed by atoms with Crippen molar-refractivity contribution in [2.75, 3.05) is 29.6 Å². The van der Waals surface area contributed by atoms with Crippen LogP contribution >= 0.6 is 11.6 Å². The van der Waals surface area contributed by atoms with E-state index in [0.29, 0.717) is 28.5 Å². The Morgan fingerprint density at radius 3 is 2.66 bits per heavy atom. The van der Waals surface area contributed by atoms with Gasteiger partial charge in [-0.1, -0.05) is 23.7 Å². The molecule has 3 aromatic heterocycles. The van der Waals surface area contributed by atoms with Crippen molar-refractivity contribution < 1.29 is 9.00 Å². The molecule has 1 fully saturated rings. The van der Waals surface area contributed by atoms with Crippen molar-refractivity contribution in [3.8, 4) is 0 Å². The minimum absolute atomic E-state index is 0.0229. The van der Waals surface area contributed by atoms with Crippen LogP contribution in [0.4, 0.5) is 11.6 Å². The number of nitrogens with one attached hydrogen (secondary N) is 2. The molecule has 0 bridgehead atoms. The Balaban J connectivity index is 1.52. The fourth-order valence-corrected chi connectivity index (χ4v) is 5.81. The number of halogens is 1. The van der Waals surface area contributed by atoms with Crippen molar-refractivity contribution in [2.24, 2.45) is 7.05 Å². The number of pyridine rings is 2. The minimum atomic E-state index is -1.57. The van der Waals surface area contributed by atoms with Gasteiger partial charge in [0.05, 0.1) is 22.6 Å². The Bertz CT molecular complexity index is 1720. The average molecular weight is 594 g/mol. The Hall–Kier alpha value is -3.83. The molecule has 4 aromatic rings. The van der Waals surface area contributed by atoms with Gasteiger partial charge in [0, 0.05) is 49.8 Å². The predicted molar refractivity (Wildman–Crippen MR) is 163 cm³/mol. The molecule has 1 aliphatic heterocycles. The molecule has 0 aliphatic carbocycles. The van der Waals surface area contributed by atoms with Crippen molar-refractivity contribution >= 4 is 51.0 Å². The SMILES string of the molecule is Cc1cc(C(C)Nc2ccc(Cl)nc2C(=O)NS(C)=O)c2nc(N3CC[C@@H](c4ccc(C)nc4)C3)n(C)c(=O)c2c1. The van der Waals surface area contributed by atoms with Crippen LogP contribution in [0.2, 0.25) is 5.15 Å². The zero-order valence-corrected chi connectivity index (χ0v) is 25.1. The molecular formula is C29H32ClN7O3S. The maximum atomic E-state index is 13.6. The van der Waals surface area contributed by atoms with Crippen LogP contribution in [-0.2, 0) is 18.0 Å². The van der Waals surface area contributed by atoms with Gasteiger partial charge in [-0.15, -0.1) is 0 Å². The fraction of sp³-hybridized carbons (Fsp3) is 0.345. The molecular weight excluding hydrogens is 562 g/mol. The normalized spacial score (nSPS) is 16.5. The van der Waals surface area contributed by atoms with Crippen LogP contribution in [-0.4, -0.2) is 49.0 Å². The number of amides is 1. The molecule has 41 heavy (non-hydrogen) atoms. The van der Waals surface area contributed by atoms with E-state index in [1.807, 2.05) is 45.2 Å². The van der Waals surface area contributed by atoms with Gasteiger partial charge in [0.15, 0.2) is 5.69 Å². The highest BCUT2D eigenvalue weighted by Crippen LogP contribution is 2.32. The van der Waals surface area contributed by atoms with Gasteiger partial charge in [-0.2, -0.15) is 0 Å². The summed E-state index contributed by atoms with van der Waals surface area (Å²) in [6, 6.07) is 10.9. The summed E-state index contributed by atoms with van der Waals surface area (Å²) in [7, 11) is 0.188. The summed E-state index contributed by atoms with van der Waals surface area (Å²) >= 11 is 6.07. The van der Waals surface area contributed by atoms with Crippen LogP contribution in [0.25, 0.3) is 10.9 Å². The lowest BCUT2D eigenvalue weighted by atomic mass is 10.0. The third kappa shape index (κ3) is 5.96. The van der Waals surface area contributed by atoms with E-state index >= 15 is 0 Å². The monoisotopic (exact) mass is 593 g/mol. The summed E-state index contributed by atoms with van der Waals surface area (Å²) in [5, 5.41) is 3.99. The van der Waals surface area contributed by atoms with E-state index < -0.39 is 16.9 Å². The highest BCUT2D eigenvalue weighted by Gasteiger charge is 2.28. The Morgan fingerprint density at radius 1 is 1.17 bits per heavy atom. The number of rotatable bonds is 7. The van der Waals surface area contributed by atoms with E-state index in [9.17, 15) is 13.8 Å².